The molecule has 2 aliphatic rings. The van der Waals surface area contributed by atoms with Gasteiger partial charge in [-0.1, -0.05) is 23.7 Å². The number of methoxy groups -OCH3 is 2. The summed E-state index contributed by atoms with van der Waals surface area (Å²) in [6.07, 6.45) is 1.58. The number of aryl methyl sites for hydroxylation is 1. The zero-order valence-corrected chi connectivity index (χ0v) is 20.5. The number of hydrogen-bond donors (Lipinski definition) is 0. The van der Waals surface area contributed by atoms with Gasteiger partial charge in [0, 0.05) is 49.5 Å². The molecule has 2 amide bonds. The van der Waals surface area contributed by atoms with Gasteiger partial charge in [-0.3, -0.25) is 9.59 Å². The Hall–Kier alpha value is -3.68. The molecule has 0 spiro atoms. The van der Waals surface area contributed by atoms with Crippen molar-refractivity contribution in [1.29, 1.82) is 0 Å². The van der Waals surface area contributed by atoms with Gasteiger partial charge in [0.1, 0.15) is 13.5 Å². The number of ether oxygens (including phenoxy) is 2. The summed E-state index contributed by atoms with van der Waals surface area (Å²) in [4.78, 5) is 30.3. The highest BCUT2D eigenvalue weighted by atomic mass is 16.5. The van der Waals surface area contributed by atoms with Crippen LogP contribution >= 0.6 is 0 Å². The highest BCUT2D eigenvalue weighted by Crippen LogP contribution is 2.38. The molecule has 3 aromatic rings. The van der Waals surface area contributed by atoms with Gasteiger partial charge in [-0.05, 0) is 48.7 Å². The van der Waals surface area contributed by atoms with Crippen molar-refractivity contribution in [2.45, 2.75) is 19.4 Å². The third-order valence-electron chi connectivity index (χ3n) is 7.07. The summed E-state index contributed by atoms with van der Waals surface area (Å²) < 4.78 is 13.2. The van der Waals surface area contributed by atoms with Gasteiger partial charge in [0.05, 0.1) is 14.2 Å². The number of fused-ring (bicyclic) bond motifs is 3. The molecule has 2 aromatic carbocycles. The van der Waals surface area contributed by atoms with E-state index in [2.05, 4.69) is 12.4 Å². The molecule has 2 aliphatic heterocycles. The smallest absolute Gasteiger partial charge is 0.270 e. The normalized spacial score (nSPS) is 15.1. The summed E-state index contributed by atoms with van der Waals surface area (Å²) in [5, 5.41) is 0. The first-order valence-corrected chi connectivity index (χ1v) is 12.1. The zero-order chi connectivity index (χ0) is 24.5. The third-order valence-corrected chi connectivity index (χ3v) is 7.07. The molecule has 0 radical (unpaired) electrons. The number of aromatic nitrogens is 1. The lowest BCUT2D eigenvalue weighted by molar-refractivity contribution is 0.0713. The lowest BCUT2D eigenvalue weighted by Gasteiger charge is -2.26. The number of carbonyl (C=O) groups excluding carboxylic acids is 2. The lowest BCUT2D eigenvalue weighted by Crippen LogP contribution is -2.38. The number of rotatable bonds is 4. The Balaban J connectivity index is 1.39. The molecule has 35 heavy (non-hydrogen) atoms. The van der Waals surface area contributed by atoms with Gasteiger partial charge in [0.2, 0.25) is 0 Å². The van der Waals surface area contributed by atoms with Crippen molar-refractivity contribution in [2.75, 3.05) is 40.4 Å². The van der Waals surface area contributed by atoms with Gasteiger partial charge in [-0.25, -0.2) is 0 Å². The average Bonchev–Trinajstić information content (AvgIpc) is 3.06. The van der Waals surface area contributed by atoms with E-state index in [-0.39, 0.29) is 11.8 Å². The van der Waals surface area contributed by atoms with E-state index in [0.29, 0.717) is 43.2 Å². The van der Waals surface area contributed by atoms with E-state index in [4.69, 9.17) is 9.47 Å². The van der Waals surface area contributed by atoms with Crippen LogP contribution in [0.25, 0.3) is 11.3 Å². The molecule has 180 valence electrons. The van der Waals surface area contributed by atoms with Crippen molar-refractivity contribution in [2.24, 2.45) is 0 Å². The first-order valence-electron chi connectivity index (χ1n) is 12.1. The number of hydrogen-bond acceptors (Lipinski definition) is 4. The van der Waals surface area contributed by atoms with E-state index in [9.17, 15) is 9.59 Å². The average molecular weight is 471 g/mol. The van der Waals surface area contributed by atoms with Gasteiger partial charge in [-0.15, -0.1) is 0 Å². The zero-order valence-electron chi connectivity index (χ0n) is 20.5. The highest BCUT2D eigenvalue weighted by molar-refractivity contribution is 6.36. The Morgan fingerprint density at radius 3 is 2.17 bits per heavy atom. The molecule has 3 heterocycles. The minimum atomic E-state index is 0.0248. The van der Waals surface area contributed by atoms with Crippen LogP contribution in [0.2, 0.25) is 0 Å². The van der Waals surface area contributed by atoms with Gasteiger partial charge in [-0.2, -0.15) is 0 Å². The summed E-state index contributed by atoms with van der Waals surface area (Å²) in [6.45, 7) is 3.08. The second-order valence-corrected chi connectivity index (χ2v) is 9.13. The van der Waals surface area contributed by atoms with Gasteiger partial charge in [0.25, 0.3) is 11.8 Å². The van der Waals surface area contributed by atoms with E-state index in [0.717, 1.165) is 41.9 Å². The highest BCUT2D eigenvalue weighted by Gasteiger charge is 2.29. The van der Waals surface area contributed by atoms with E-state index in [1.54, 1.807) is 14.2 Å². The van der Waals surface area contributed by atoms with E-state index < -0.39 is 0 Å². The number of benzene rings is 2. The van der Waals surface area contributed by atoms with Crippen molar-refractivity contribution in [1.82, 2.24) is 14.4 Å². The minimum Gasteiger partial charge on any atom is -0.493 e. The van der Waals surface area contributed by atoms with E-state index in [1.165, 1.54) is 5.56 Å². The third kappa shape index (κ3) is 4.18. The van der Waals surface area contributed by atoms with Crippen LogP contribution < -0.4 is 14.9 Å². The largest absolute Gasteiger partial charge is 0.493 e. The molecule has 7 nitrogen and oxygen atoms in total. The van der Waals surface area contributed by atoms with Crippen LogP contribution in [0.15, 0.2) is 48.5 Å². The molecular weight excluding hydrogens is 441 g/mol. The molecule has 0 atom stereocenters. The molecule has 0 aliphatic carbocycles. The predicted octanol–water partition coefficient (Wildman–Crippen LogP) is 1.98. The van der Waals surface area contributed by atoms with Crippen molar-refractivity contribution < 1.29 is 19.1 Å². The Morgan fingerprint density at radius 2 is 1.49 bits per heavy atom. The molecule has 1 aromatic heterocycles. The minimum absolute atomic E-state index is 0.0248. The van der Waals surface area contributed by atoms with Gasteiger partial charge in [0.15, 0.2) is 11.5 Å². The molecule has 0 saturated carbocycles. The SMILES string of the molecule is Bc1cc(C(=O)N2CCCN(C(=O)c3ccccc3)CC2)n2c1-c1cc(OC)c(OC)cc1CC2. The maximum Gasteiger partial charge on any atom is 0.270 e. The fraction of sp³-hybridized carbons (Fsp3) is 0.333. The fourth-order valence-corrected chi connectivity index (χ4v) is 5.28. The molecule has 0 unspecified atom stereocenters. The molecule has 1 fully saturated rings. The summed E-state index contributed by atoms with van der Waals surface area (Å²) in [5.74, 6) is 1.46. The van der Waals surface area contributed by atoms with Gasteiger partial charge >= 0.3 is 0 Å². The van der Waals surface area contributed by atoms with Crippen molar-refractivity contribution in [3.63, 3.8) is 0 Å². The summed E-state index contributed by atoms with van der Waals surface area (Å²) in [5.41, 5.74) is 5.81. The summed E-state index contributed by atoms with van der Waals surface area (Å²) >= 11 is 0. The molecular formula is C27H30BN3O4. The van der Waals surface area contributed by atoms with Crippen molar-refractivity contribution in [3.05, 3.63) is 65.4 Å². The maximum absolute atomic E-state index is 13.7. The monoisotopic (exact) mass is 471 g/mol. The van der Waals surface area contributed by atoms with Crippen LogP contribution in [0.5, 0.6) is 11.5 Å². The Bertz CT molecular complexity index is 1270. The summed E-state index contributed by atoms with van der Waals surface area (Å²) in [6, 6.07) is 15.4. The Morgan fingerprint density at radius 1 is 0.829 bits per heavy atom. The number of nitrogens with zero attached hydrogens (tertiary/aromatic N) is 3. The molecule has 1 saturated heterocycles. The molecule has 0 N–H and O–H groups in total. The number of carbonyl (C=O) groups is 2. The first-order chi connectivity index (χ1) is 17.0. The molecule has 0 bridgehead atoms. The maximum atomic E-state index is 13.7. The topological polar surface area (TPSA) is 64.0 Å². The second kappa shape index (κ2) is 9.52. The molecule has 8 heteroatoms. The van der Waals surface area contributed by atoms with Gasteiger partial charge < -0.3 is 23.8 Å². The van der Waals surface area contributed by atoms with Crippen LogP contribution in [0.1, 0.15) is 32.8 Å². The van der Waals surface area contributed by atoms with Crippen molar-refractivity contribution >= 4 is 25.1 Å². The van der Waals surface area contributed by atoms with Crippen molar-refractivity contribution in [3.8, 4) is 22.8 Å². The predicted molar refractivity (Wildman–Crippen MR) is 138 cm³/mol. The van der Waals surface area contributed by atoms with E-state index in [1.807, 2.05) is 58.3 Å². The summed E-state index contributed by atoms with van der Waals surface area (Å²) in [7, 11) is 5.34. The lowest BCUT2D eigenvalue weighted by atomic mass is 9.88. The van der Waals surface area contributed by atoms with Crippen LogP contribution in [0.4, 0.5) is 0 Å². The molecule has 5 rings (SSSR count). The van der Waals surface area contributed by atoms with Crippen LogP contribution in [-0.2, 0) is 13.0 Å². The number of amides is 2. The standard InChI is InChI=1S/C27H30BN3O4/c1-34-23-15-19-9-12-31-22(17-21(28)25(31)20(19)16-24(23)35-2)27(33)30-11-6-10-29(13-14-30)26(32)18-7-4-3-5-8-18/h3-5,7-8,15-17H,6,9-14,28H2,1-2H3. The first kappa shape index (κ1) is 23.1. The second-order valence-electron chi connectivity index (χ2n) is 9.13. The fourth-order valence-electron chi connectivity index (χ4n) is 5.28. The Kier molecular flexibility index (Phi) is 6.28. The Labute approximate surface area is 206 Å². The van der Waals surface area contributed by atoms with Crippen LogP contribution in [-0.4, -0.2) is 74.4 Å². The van der Waals surface area contributed by atoms with E-state index >= 15 is 0 Å². The van der Waals surface area contributed by atoms with Crippen LogP contribution in [0.3, 0.4) is 0 Å². The quantitative estimate of drug-likeness (QED) is 0.546. The van der Waals surface area contributed by atoms with Crippen LogP contribution in [0, 0.1) is 0 Å².